The molecule has 0 amide bonds. The van der Waals surface area contributed by atoms with Crippen LogP contribution in [0.3, 0.4) is 0 Å². The van der Waals surface area contributed by atoms with Crippen LogP contribution in [0.4, 0.5) is 26.1 Å². The summed E-state index contributed by atoms with van der Waals surface area (Å²) in [7, 11) is 1.75. The Kier molecular flexibility index (Phi) is 4.35. The second-order valence-corrected chi connectivity index (χ2v) is 4.77. The Labute approximate surface area is 122 Å². The molecule has 0 fully saturated rings. The van der Waals surface area contributed by atoms with E-state index in [4.69, 9.17) is 0 Å². The molecule has 1 aromatic carbocycles. The van der Waals surface area contributed by atoms with Gasteiger partial charge in [-0.25, -0.2) is 18.7 Å². The van der Waals surface area contributed by atoms with E-state index in [0.29, 0.717) is 23.9 Å². The number of anilines is 3. The molecule has 0 aliphatic rings. The predicted octanol–water partition coefficient (Wildman–Crippen LogP) is 3.72. The van der Waals surface area contributed by atoms with E-state index in [1.54, 1.807) is 7.05 Å². The molecule has 0 atom stereocenters. The molecule has 0 aliphatic carbocycles. The molecule has 0 spiro atoms. The minimum absolute atomic E-state index is 0.0593. The molecule has 0 unspecified atom stereocenters. The molecule has 21 heavy (non-hydrogen) atoms. The summed E-state index contributed by atoms with van der Waals surface area (Å²) in [6, 6.07) is 2.30. The fourth-order valence-corrected chi connectivity index (χ4v) is 1.96. The summed E-state index contributed by atoms with van der Waals surface area (Å²) >= 11 is 0. The van der Waals surface area contributed by atoms with Crippen LogP contribution < -0.4 is 10.6 Å². The molecule has 0 aliphatic heterocycles. The number of nitrogens with one attached hydrogen (secondary N) is 2. The molecule has 2 aromatic rings. The second-order valence-electron chi connectivity index (χ2n) is 4.77. The van der Waals surface area contributed by atoms with Gasteiger partial charge in [0, 0.05) is 25.1 Å². The van der Waals surface area contributed by atoms with E-state index in [9.17, 15) is 8.78 Å². The zero-order chi connectivity index (χ0) is 15.6. The summed E-state index contributed by atoms with van der Waals surface area (Å²) in [5, 5.41) is 5.82. The number of benzene rings is 1. The van der Waals surface area contributed by atoms with Crippen molar-refractivity contribution in [3.8, 4) is 0 Å². The first kappa shape index (κ1) is 15.2. The van der Waals surface area contributed by atoms with E-state index < -0.39 is 11.6 Å². The van der Waals surface area contributed by atoms with Crippen LogP contribution >= 0.6 is 0 Å². The van der Waals surface area contributed by atoms with Crippen molar-refractivity contribution < 1.29 is 8.78 Å². The Balaban J connectivity index is 2.46. The molecule has 6 heteroatoms. The second kappa shape index (κ2) is 6.03. The summed E-state index contributed by atoms with van der Waals surface area (Å²) in [5.74, 6) is 0.775. The number of hydrogen-bond acceptors (Lipinski definition) is 4. The van der Waals surface area contributed by atoms with E-state index in [0.717, 1.165) is 17.7 Å². The van der Waals surface area contributed by atoms with E-state index in [2.05, 4.69) is 20.6 Å². The molecule has 0 radical (unpaired) electrons. The van der Waals surface area contributed by atoms with Crippen molar-refractivity contribution in [1.29, 1.82) is 0 Å². The molecule has 112 valence electrons. The highest BCUT2D eigenvalue weighted by Crippen LogP contribution is 2.26. The quantitative estimate of drug-likeness (QED) is 0.901. The highest BCUT2D eigenvalue weighted by Gasteiger charge is 2.13. The lowest BCUT2D eigenvalue weighted by atomic mass is 10.2. The van der Waals surface area contributed by atoms with E-state index in [1.807, 2.05) is 13.8 Å². The smallest absolute Gasteiger partial charge is 0.147 e. The van der Waals surface area contributed by atoms with Crippen LogP contribution in [0.15, 0.2) is 12.1 Å². The van der Waals surface area contributed by atoms with Crippen LogP contribution in [0.5, 0.6) is 0 Å². The van der Waals surface area contributed by atoms with Gasteiger partial charge in [0.05, 0.1) is 5.69 Å². The molecule has 4 nitrogen and oxygen atoms in total. The van der Waals surface area contributed by atoms with Crippen LogP contribution in [0.25, 0.3) is 0 Å². The Hall–Kier alpha value is -2.24. The Morgan fingerprint density at radius 3 is 2.33 bits per heavy atom. The van der Waals surface area contributed by atoms with Crippen molar-refractivity contribution in [2.24, 2.45) is 0 Å². The van der Waals surface area contributed by atoms with E-state index in [1.165, 1.54) is 6.92 Å². The molecule has 0 saturated carbocycles. The van der Waals surface area contributed by atoms with Crippen molar-refractivity contribution in [2.75, 3.05) is 17.7 Å². The number of aromatic nitrogens is 2. The van der Waals surface area contributed by atoms with Crippen LogP contribution in [0.1, 0.15) is 23.9 Å². The van der Waals surface area contributed by atoms with Crippen LogP contribution in [0, 0.1) is 25.5 Å². The topological polar surface area (TPSA) is 49.8 Å². The maximum atomic E-state index is 13.9. The molecule has 1 aromatic heterocycles. The summed E-state index contributed by atoms with van der Waals surface area (Å²) in [4.78, 5) is 8.67. The summed E-state index contributed by atoms with van der Waals surface area (Å²) in [6.07, 6.45) is 0.647. The first-order valence-corrected chi connectivity index (χ1v) is 6.74. The van der Waals surface area contributed by atoms with Gasteiger partial charge in [-0.3, -0.25) is 0 Å². The number of rotatable bonds is 4. The third kappa shape index (κ3) is 3.09. The molecule has 0 bridgehead atoms. The highest BCUT2D eigenvalue weighted by molar-refractivity contribution is 5.65. The molecule has 2 N–H and O–H groups in total. The maximum Gasteiger partial charge on any atom is 0.147 e. The van der Waals surface area contributed by atoms with E-state index >= 15 is 0 Å². The van der Waals surface area contributed by atoms with Gasteiger partial charge in [0.2, 0.25) is 0 Å². The van der Waals surface area contributed by atoms with Gasteiger partial charge in [-0.15, -0.1) is 0 Å². The predicted molar refractivity (Wildman–Crippen MR) is 80.1 cm³/mol. The van der Waals surface area contributed by atoms with Gasteiger partial charge in [0.15, 0.2) is 0 Å². The number of hydrogen-bond donors (Lipinski definition) is 2. The highest BCUT2D eigenvalue weighted by atomic mass is 19.1. The Morgan fingerprint density at radius 2 is 1.71 bits per heavy atom. The number of nitrogens with zero attached hydrogens (tertiary/aromatic N) is 2. The van der Waals surface area contributed by atoms with Crippen molar-refractivity contribution in [3.63, 3.8) is 0 Å². The number of aryl methyl sites for hydroxylation is 2. The Morgan fingerprint density at radius 1 is 1.05 bits per heavy atom. The van der Waals surface area contributed by atoms with Crippen molar-refractivity contribution in [3.05, 3.63) is 40.7 Å². The minimum atomic E-state index is -0.518. The molecular formula is C15H18F2N4. The van der Waals surface area contributed by atoms with Gasteiger partial charge in [-0.1, -0.05) is 6.92 Å². The summed E-state index contributed by atoms with van der Waals surface area (Å²) in [5.41, 5.74) is 1.07. The van der Waals surface area contributed by atoms with Gasteiger partial charge in [-0.2, -0.15) is 0 Å². The van der Waals surface area contributed by atoms with Crippen molar-refractivity contribution in [2.45, 2.75) is 27.2 Å². The van der Waals surface area contributed by atoms with Crippen LogP contribution in [0.2, 0.25) is 0 Å². The fraction of sp³-hybridized carbons (Fsp3) is 0.333. The van der Waals surface area contributed by atoms with Gasteiger partial charge >= 0.3 is 0 Å². The monoisotopic (exact) mass is 292 g/mol. The Bertz CT molecular complexity index is 671. The van der Waals surface area contributed by atoms with Gasteiger partial charge in [-0.05, 0) is 25.5 Å². The van der Waals surface area contributed by atoms with Gasteiger partial charge in [0.25, 0.3) is 0 Å². The van der Waals surface area contributed by atoms with E-state index in [-0.39, 0.29) is 11.3 Å². The minimum Gasteiger partial charge on any atom is -0.373 e. The summed E-state index contributed by atoms with van der Waals surface area (Å²) < 4.78 is 27.5. The normalized spacial score (nSPS) is 10.6. The lowest BCUT2D eigenvalue weighted by Crippen LogP contribution is -2.07. The molecule has 1 heterocycles. The average molecular weight is 292 g/mol. The average Bonchev–Trinajstić information content (AvgIpc) is 2.46. The SMILES string of the molecule is CCc1nc(NC)c(C)c(Nc2cc(F)c(C)cc2F)n1. The van der Waals surface area contributed by atoms with Crippen molar-refractivity contribution in [1.82, 2.24) is 9.97 Å². The largest absolute Gasteiger partial charge is 0.373 e. The standard InChI is InChI=1S/C15H18F2N4/c1-5-13-20-14(18-4)9(3)15(21-13)19-12-7-10(16)8(2)6-11(12)17/h6-7H,5H2,1-4H3,(H2,18,19,20,21). The van der Waals surface area contributed by atoms with Crippen molar-refractivity contribution >= 4 is 17.3 Å². The fourth-order valence-electron chi connectivity index (χ4n) is 1.96. The molecular weight excluding hydrogens is 274 g/mol. The lowest BCUT2D eigenvalue weighted by Gasteiger charge is -2.14. The molecule has 0 saturated heterocycles. The maximum absolute atomic E-state index is 13.9. The lowest BCUT2D eigenvalue weighted by molar-refractivity contribution is 0.595. The zero-order valence-corrected chi connectivity index (χ0v) is 12.5. The van der Waals surface area contributed by atoms with Crippen LogP contribution in [-0.4, -0.2) is 17.0 Å². The molecule has 2 rings (SSSR count). The zero-order valence-electron chi connectivity index (χ0n) is 12.5. The number of halogens is 2. The first-order chi connectivity index (χ1) is 9.96. The van der Waals surface area contributed by atoms with Gasteiger partial charge < -0.3 is 10.6 Å². The third-order valence-corrected chi connectivity index (χ3v) is 3.25. The van der Waals surface area contributed by atoms with Crippen LogP contribution in [-0.2, 0) is 6.42 Å². The first-order valence-electron chi connectivity index (χ1n) is 6.74. The summed E-state index contributed by atoms with van der Waals surface area (Å²) in [6.45, 7) is 5.27. The third-order valence-electron chi connectivity index (χ3n) is 3.25. The van der Waals surface area contributed by atoms with Gasteiger partial charge in [0.1, 0.15) is 29.1 Å².